The lowest BCUT2D eigenvalue weighted by molar-refractivity contribution is -0.396. The summed E-state index contributed by atoms with van der Waals surface area (Å²) in [6.45, 7) is 1.70. The molecule has 0 amide bonds. The molecule has 0 saturated heterocycles. The van der Waals surface area contributed by atoms with Crippen molar-refractivity contribution in [3.8, 4) is 5.75 Å². The predicted molar refractivity (Wildman–Crippen MR) is 141 cm³/mol. The maximum Gasteiger partial charge on any atom is 0.678 e. The summed E-state index contributed by atoms with van der Waals surface area (Å²) in [4.78, 5) is 23.5. The summed E-state index contributed by atoms with van der Waals surface area (Å²) >= 11 is 0. The first-order valence-corrected chi connectivity index (χ1v) is 12.4. The average molecular weight is 554 g/mol. The Bertz CT molecular complexity index is 1680. The lowest BCUT2D eigenvalue weighted by Crippen LogP contribution is -2.16. The standard InChI is InChI=1S/C24H17BF2N4O7S/c1-16-13-19(29(25(26)27)22(16)14-18-3-2-12-28-18)7-4-17-5-9-21(10-6-17)38-39(36,37)24-11-8-20(30(32)33)15-23(24)31(34)35/h2-15H,1H3/b7-4+,18-14-. The highest BCUT2D eigenvalue weighted by atomic mass is 32.2. The number of non-ortho nitro benzene ring substituents is 1. The van der Waals surface area contributed by atoms with E-state index in [1.165, 1.54) is 36.4 Å². The molecule has 4 rings (SSSR count). The summed E-state index contributed by atoms with van der Waals surface area (Å²) in [6, 6.07) is 9.11. The Labute approximate surface area is 220 Å². The topological polar surface area (TPSA) is 147 Å². The Balaban J connectivity index is 1.56. The molecule has 1 aromatic heterocycles. The van der Waals surface area contributed by atoms with Crippen LogP contribution in [-0.4, -0.2) is 36.4 Å². The van der Waals surface area contributed by atoms with Gasteiger partial charge in [0.2, 0.25) is 0 Å². The van der Waals surface area contributed by atoms with E-state index in [9.17, 15) is 37.3 Å². The van der Waals surface area contributed by atoms with Gasteiger partial charge >= 0.3 is 17.5 Å². The Morgan fingerprint density at radius 2 is 1.74 bits per heavy atom. The summed E-state index contributed by atoms with van der Waals surface area (Å²) in [7, 11) is -7.53. The van der Waals surface area contributed by atoms with E-state index in [2.05, 4.69) is 4.99 Å². The molecule has 0 atom stereocenters. The number of nitro groups is 2. The maximum atomic E-state index is 13.9. The van der Waals surface area contributed by atoms with Crippen molar-refractivity contribution >= 4 is 53.3 Å². The fourth-order valence-electron chi connectivity index (χ4n) is 3.72. The number of benzene rings is 2. The Hall–Kier alpha value is -4.92. The van der Waals surface area contributed by atoms with Crippen molar-refractivity contribution in [1.82, 2.24) is 4.48 Å². The minimum Gasteiger partial charge on any atom is -0.379 e. The van der Waals surface area contributed by atoms with Gasteiger partial charge in [-0.15, -0.1) is 0 Å². The first kappa shape index (κ1) is 27.1. The predicted octanol–water partition coefficient (Wildman–Crippen LogP) is 5.30. The van der Waals surface area contributed by atoms with Gasteiger partial charge in [0.15, 0.2) is 4.90 Å². The van der Waals surface area contributed by atoms with Crippen LogP contribution in [0.2, 0.25) is 0 Å². The molecular weight excluding hydrogens is 537 g/mol. The molecule has 0 fully saturated rings. The number of hydrogen-bond donors (Lipinski definition) is 0. The van der Waals surface area contributed by atoms with Gasteiger partial charge in [-0.1, -0.05) is 18.2 Å². The third-order valence-electron chi connectivity index (χ3n) is 5.51. The summed E-state index contributed by atoms with van der Waals surface area (Å²) in [5, 5.41) is 22.2. The number of nitro benzene ring substituents is 2. The van der Waals surface area contributed by atoms with Crippen molar-refractivity contribution in [2.75, 3.05) is 0 Å². The monoisotopic (exact) mass is 554 g/mol. The minimum atomic E-state index is -4.72. The van der Waals surface area contributed by atoms with Crippen LogP contribution in [-0.2, 0) is 10.1 Å². The smallest absolute Gasteiger partial charge is 0.379 e. The molecule has 0 unspecified atom stereocenters. The Morgan fingerprint density at radius 1 is 1.03 bits per heavy atom. The molecule has 0 saturated carbocycles. The van der Waals surface area contributed by atoms with E-state index in [1.54, 1.807) is 37.4 Å². The fraction of sp³-hybridized carbons (Fsp3) is 0.0417. The highest BCUT2D eigenvalue weighted by Crippen LogP contribution is 2.31. The van der Waals surface area contributed by atoms with E-state index >= 15 is 0 Å². The van der Waals surface area contributed by atoms with Crippen LogP contribution in [0.1, 0.15) is 22.5 Å². The lowest BCUT2D eigenvalue weighted by atomic mass is 10.1. The van der Waals surface area contributed by atoms with E-state index in [4.69, 9.17) is 4.18 Å². The molecule has 2 heterocycles. The molecule has 0 bridgehead atoms. The number of halogens is 2. The third-order valence-corrected chi connectivity index (χ3v) is 6.81. The van der Waals surface area contributed by atoms with Crippen LogP contribution in [0, 0.1) is 27.2 Å². The van der Waals surface area contributed by atoms with Crippen LogP contribution in [0.4, 0.5) is 20.0 Å². The minimum absolute atomic E-state index is 0.189. The molecule has 3 aromatic rings. The van der Waals surface area contributed by atoms with Crippen molar-refractivity contribution in [2.24, 2.45) is 4.99 Å². The molecule has 1 aliphatic heterocycles. The molecule has 0 aliphatic carbocycles. The van der Waals surface area contributed by atoms with Crippen LogP contribution in [0.5, 0.6) is 5.75 Å². The van der Waals surface area contributed by atoms with Crippen molar-refractivity contribution in [1.29, 1.82) is 0 Å². The van der Waals surface area contributed by atoms with Gasteiger partial charge in [0.1, 0.15) is 5.75 Å². The zero-order valence-corrected chi connectivity index (χ0v) is 20.8. The molecular formula is C24H17BF2N4O7S. The van der Waals surface area contributed by atoms with Crippen molar-refractivity contribution in [2.45, 2.75) is 11.8 Å². The maximum absolute atomic E-state index is 13.9. The molecule has 0 spiro atoms. The quantitative estimate of drug-likeness (QED) is 0.151. The zero-order chi connectivity index (χ0) is 28.3. The van der Waals surface area contributed by atoms with Gasteiger partial charge in [-0.2, -0.15) is 8.42 Å². The Kier molecular flexibility index (Phi) is 7.53. The van der Waals surface area contributed by atoms with Crippen molar-refractivity contribution in [3.63, 3.8) is 0 Å². The van der Waals surface area contributed by atoms with E-state index in [0.717, 1.165) is 16.6 Å². The Morgan fingerprint density at radius 3 is 2.33 bits per heavy atom. The zero-order valence-electron chi connectivity index (χ0n) is 20.0. The van der Waals surface area contributed by atoms with Crippen LogP contribution in [0.15, 0.2) is 76.3 Å². The first-order valence-electron chi connectivity index (χ1n) is 11.0. The molecule has 0 radical (unpaired) electrons. The average Bonchev–Trinajstić information content (AvgIpc) is 3.50. The van der Waals surface area contributed by atoms with E-state index in [-0.39, 0.29) is 11.4 Å². The lowest BCUT2D eigenvalue weighted by Gasteiger charge is -2.08. The first-order chi connectivity index (χ1) is 18.5. The highest BCUT2D eigenvalue weighted by Gasteiger charge is 2.30. The largest absolute Gasteiger partial charge is 0.678 e. The van der Waals surface area contributed by atoms with Crippen LogP contribution >= 0.6 is 0 Å². The number of nitrogens with zero attached hydrogens (tertiary/aromatic N) is 4. The number of aryl methyl sites for hydroxylation is 1. The summed E-state index contributed by atoms with van der Waals surface area (Å²) in [5.41, 5.74) is 0.547. The van der Waals surface area contributed by atoms with Crippen LogP contribution in [0.25, 0.3) is 18.2 Å². The molecule has 11 nitrogen and oxygen atoms in total. The van der Waals surface area contributed by atoms with Gasteiger partial charge in [-0.25, -0.2) is 0 Å². The molecule has 198 valence electrons. The van der Waals surface area contributed by atoms with Gasteiger partial charge in [-0.3, -0.25) is 33.9 Å². The van der Waals surface area contributed by atoms with Gasteiger partial charge in [0, 0.05) is 23.7 Å². The number of aliphatic imine (C=N–C) groups is 1. The van der Waals surface area contributed by atoms with Crippen molar-refractivity contribution < 1.29 is 31.1 Å². The number of hydrogen-bond acceptors (Lipinski definition) is 8. The third kappa shape index (κ3) is 5.99. The second kappa shape index (κ2) is 10.8. The second-order valence-electron chi connectivity index (χ2n) is 8.10. The molecule has 15 heteroatoms. The fourth-order valence-corrected chi connectivity index (χ4v) is 4.80. The van der Waals surface area contributed by atoms with E-state index < -0.39 is 43.6 Å². The van der Waals surface area contributed by atoms with E-state index in [1.807, 2.05) is 0 Å². The van der Waals surface area contributed by atoms with Gasteiger partial charge in [0.25, 0.3) is 11.4 Å². The van der Waals surface area contributed by atoms with Gasteiger partial charge in [-0.05, 0) is 66.6 Å². The molecule has 1 aliphatic rings. The summed E-state index contributed by atoms with van der Waals surface area (Å²) in [6.07, 6.45) is 9.52. The highest BCUT2D eigenvalue weighted by molar-refractivity contribution is 7.87. The van der Waals surface area contributed by atoms with Gasteiger partial charge < -0.3 is 8.66 Å². The molecule has 0 N–H and O–H groups in total. The molecule has 39 heavy (non-hydrogen) atoms. The van der Waals surface area contributed by atoms with Crippen LogP contribution in [0.3, 0.4) is 0 Å². The SMILES string of the molecule is Cc1cc(/C=C/c2ccc(OS(=O)(=O)c3ccc([N+](=O)[O-])cc3[N+](=O)[O-])cc2)n(B(F)F)c1/C=C1/C=CC=N1. The number of aromatic nitrogens is 1. The summed E-state index contributed by atoms with van der Waals surface area (Å²) < 4.78 is 58.9. The number of allylic oxidation sites excluding steroid dienone is 2. The van der Waals surface area contributed by atoms with Gasteiger partial charge in [0.05, 0.1) is 21.6 Å². The van der Waals surface area contributed by atoms with Crippen molar-refractivity contribution in [3.05, 3.63) is 109 Å². The van der Waals surface area contributed by atoms with E-state index in [0.29, 0.717) is 28.6 Å². The summed E-state index contributed by atoms with van der Waals surface area (Å²) in [5.74, 6) is -0.189. The number of rotatable bonds is 9. The van der Waals surface area contributed by atoms with Crippen LogP contribution < -0.4 is 4.18 Å². The second-order valence-corrected chi connectivity index (χ2v) is 9.61. The normalized spacial score (nSPS) is 13.9. The molecule has 2 aromatic carbocycles.